The standard InChI is InChI=1S/C23H29NO7S2/c1-28-20(10-12-30-21(26)15-32)22(16-4-3-5-18(14-16)29-13-11-25)31-23(27)24-17-6-8-19(33-2)9-7-17/h3-9,14,20,22,25,32H,10-13,15H2,1-2H3,(H,24,27)/t20-,22-/m1/s1. The van der Waals surface area contributed by atoms with Crippen molar-refractivity contribution in [1.82, 2.24) is 0 Å². The topological polar surface area (TPSA) is 103 Å². The van der Waals surface area contributed by atoms with Crippen LogP contribution in [0.3, 0.4) is 0 Å². The number of carbonyl (C=O) groups is 2. The largest absolute Gasteiger partial charge is 0.491 e. The Morgan fingerprint density at radius 3 is 2.55 bits per heavy atom. The molecule has 0 aliphatic heterocycles. The summed E-state index contributed by atoms with van der Waals surface area (Å²) in [4.78, 5) is 25.2. The van der Waals surface area contributed by atoms with Crippen LogP contribution in [-0.4, -0.2) is 62.2 Å². The average molecular weight is 496 g/mol. The Hall–Kier alpha value is -2.40. The van der Waals surface area contributed by atoms with Gasteiger partial charge in [0.25, 0.3) is 0 Å². The fraction of sp³-hybridized carbons (Fsp3) is 0.391. The Labute approximate surface area is 203 Å². The number of aliphatic hydroxyl groups excluding tert-OH is 1. The molecule has 0 aromatic heterocycles. The maximum absolute atomic E-state index is 12.7. The molecule has 0 unspecified atom stereocenters. The number of rotatable bonds is 13. The van der Waals surface area contributed by atoms with Crippen LogP contribution in [0.25, 0.3) is 0 Å². The minimum atomic E-state index is -0.812. The molecule has 2 rings (SSSR count). The molecule has 0 aliphatic carbocycles. The summed E-state index contributed by atoms with van der Waals surface area (Å²) >= 11 is 5.49. The van der Waals surface area contributed by atoms with Gasteiger partial charge in [0.15, 0.2) is 6.10 Å². The van der Waals surface area contributed by atoms with Crippen molar-refractivity contribution < 1.29 is 33.6 Å². The highest BCUT2D eigenvalue weighted by molar-refractivity contribution is 7.98. The first-order chi connectivity index (χ1) is 16.0. The normalized spacial score (nSPS) is 12.5. The molecule has 0 fully saturated rings. The van der Waals surface area contributed by atoms with Crippen LogP contribution in [0.2, 0.25) is 0 Å². The minimum Gasteiger partial charge on any atom is -0.491 e. The van der Waals surface area contributed by atoms with E-state index in [9.17, 15) is 9.59 Å². The molecule has 0 saturated heterocycles. The van der Waals surface area contributed by atoms with E-state index in [0.29, 0.717) is 17.0 Å². The van der Waals surface area contributed by atoms with Gasteiger partial charge >= 0.3 is 12.1 Å². The molecule has 8 nitrogen and oxygen atoms in total. The first kappa shape index (κ1) is 26.8. The Balaban J connectivity index is 2.19. The van der Waals surface area contributed by atoms with Crippen LogP contribution in [-0.2, 0) is 19.0 Å². The van der Waals surface area contributed by atoms with Crippen LogP contribution in [0.5, 0.6) is 5.75 Å². The fourth-order valence-electron chi connectivity index (χ4n) is 2.97. The van der Waals surface area contributed by atoms with Crippen LogP contribution in [0.1, 0.15) is 18.1 Å². The smallest absolute Gasteiger partial charge is 0.412 e. The van der Waals surface area contributed by atoms with Crippen LogP contribution in [0, 0.1) is 0 Å². The molecule has 10 heteroatoms. The van der Waals surface area contributed by atoms with Gasteiger partial charge in [-0.1, -0.05) is 12.1 Å². The Kier molecular flexibility index (Phi) is 12.0. The van der Waals surface area contributed by atoms with Crippen molar-refractivity contribution in [3.63, 3.8) is 0 Å². The highest BCUT2D eigenvalue weighted by Gasteiger charge is 2.28. The fourth-order valence-corrected chi connectivity index (χ4v) is 3.47. The van der Waals surface area contributed by atoms with Gasteiger partial charge in [0.2, 0.25) is 0 Å². The number of anilines is 1. The third kappa shape index (κ3) is 9.17. The number of thioether (sulfide) groups is 1. The second-order valence-electron chi connectivity index (χ2n) is 6.77. The maximum Gasteiger partial charge on any atom is 0.412 e. The Bertz CT molecular complexity index is 879. The van der Waals surface area contributed by atoms with E-state index >= 15 is 0 Å². The van der Waals surface area contributed by atoms with E-state index in [4.69, 9.17) is 24.1 Å². The lowest BCUT2D eigenvalue weighted by Gasteiger charge is -2.27. The van der Waals surface area contributed by atoms with Crippen molar-refractivity contribution in [2.45, 2.75) is 23.5 Å². The summed E-state index contributed by atoms with van der Waals surface area (Å²) < 4.78 is 21.9. The lowest BCUT2D eigenvalue weighted by molar-refractivity contribution is -0.141. The van der Waals surface area contributed by atoms with E-state index in [-0.39, 0.29) is 32.0 Å². The number of carbonyl (C=O) groups excluding carboxylic acids is 2. The summed E-state index contributed by atoms with van der Waals surface area (Å²) in [5, 5.41) is 11.7. The zero-order valence-electron chi connectivity index (χ0n) is 18.6. The van der Waals surface area contributed by atoms with E-state index in [2.05, 4.69) is 17.9 Å². The second kappa shape index (κ2) is 14.7. The number of hydrogen-bond donors (Lipinski definition) is 3. The van der Waals surface area contributed by atoms with Crippen LogP contribution >= 0.6 is 24.4 Å². The molecule has 0 spiro atoms. The van der Waals surface area contributed by atoms with Gasteiger partial charge in [0.05, 0.1) is 19.0 Å². The molecular formula is C23H29NO7S2. The zero-order valence-corrected chi connectivity index (χ0v) is 20.3. The third-order valence-corrected chi connectivity index (χ3v) is 5.55. The third-order valence-electron chi connectivity index (χ3n) is 4.55. The molecule has 180 valence electrons. The minimum absolute atomic E-state index is 0.0282. The molecule has 0 aliphatic rings. The van der Waals surface area contributed by atoms with Gasteiger partial charge < -0.3 is 24.1 Å². The molecule has 0 heterocycles. The molecule has 33 heavy (non-hydrogen) atoms. The summed E-state index contributed by atoms with van der Waals surface area (Å²) in [7, 11) is 1.49. The zero-order chi connectivity index (χ0) is 24.1. The summed E-state index contributed by atoms with van der Waals surface area (Å²) in [5.41, 5.74) is 1.22. The van der Waals surface area contributed by atoms with Gasteiger partial charge in [0, 0.05) is 24.1 Å². The number of amides is 1. The molecule has 0 saturated carbocycles. The summed E-state index contributed by atoms with van der Waals surface area (Å²) in [6.45, 7) is 0.0875. The maximum atomic E-state index is 12.7. The van der Waals surface area contributed by atoms with Gasteiger partial charge in [-0.3, -0.25) is 10.1 Å². The van der Waals surface area contributed by atoms with E-state index in [1.54, 1.807) is 48.2 Å². The summed E-state index contributed by atoms with van der Waals surface area (Å²) in [5.74, 6) is 0.0376. The summed E-state index contributed by atoms with van der Waals surface area (Å²) in [6.07, 6.45) is 0.187. The number of methoxy groups -OCH3 is 1. The molecule has 1 amide bonds. The second-order valence-corrected chi connectivity index (χ2v) is 7.96. The molecule has 2 aromatic carbocycles. The van der Waals surface area contributed by atoms with Crippen molar-refractivity contribution in [3.05, 3.63) is 54.1 Å². The lowest BCUT2D eigenvalue weighted by Crippen LogP contribution is -2.29. The van der Waals surface area contributed by atoms with Crippen molar-refractivity contribution in [1.29, 1.82) is 0 Å². The molecular weight excluding hydrogens is 466 g/mol. The predicted molar refractivity (Wildman–Crippen MR) is 130 cm³/mol. The van der Waals surface area contributed by atoms with E-state index < -0.39 is 24.3 Å². The highest BCUT2D eigenvalue weighted by atomic mass is 32.2. The van der Waals surface area contributed by atoms with Gasteiger partial charge in [-0.2, -0.15) is 12.6 Å². The molecule has 0 bridgehead atoms. The number of ether oxygens (including phenoxy) is 4. The monoisotopic (exact) mass is 495 g/mol. The van der Waals surface area contributed by atoms with Gasteiger partial charge in [-0.25, -0.2) is 4.79 Å². The quantitative estimate of drug-likeness (QED) is 0.218. The Morgan fingerprint density at radius 2 is 1.91 bits per heavy atom. The number of benzene rings is 2. The van der Waals surface area contributed by atoms with Crippen LogP contribution < -0.4 is 10.1 Å². The van der Waals surface area contributed by atoms with E-state index in [1.165, 1.54) is 7.11 Å². The number of hydrogen-bond acceptors (Lipinski definition) is 9. The van der Waals surface area contributed by atoms with E-state index in [1.807, 2.05) is 18.4 Å². The SMILES string of the molecule is CO[C@H](CCOC(=O)CS)[C@H](OC(=O)Nc1ccc(SC)cc1)c1cccc(OCCO)c1. The summed E-state index contributed by atoms with van der Waals surface area (Å²) in [6, 6.07) is 14.4. The predicted octanol–water partition coefficient (Wildman–Crippen LogP) is 3.95. The molecule has 2 N–H and O–H groups in total. The van der Waals surface area contributed by atoms with Crippen molar-refractivity contribution in [3.8, 4) is 5.75 Å². The van der Waals surface area contributed by atoms with Crippen LogP contribution in [0.15, 0.2) is 53.4 Å². The molecule has 2 atom stereocenters. The van der Waals surface area contributed by atoms with Crippen LogP contribution in [0.4, 0.5) is 10.5 Å². The molecule has 0 radical (unpaired) electrons. The first-order valence-corrected chi connectivity index (χ1v) is 12.1. The highest BCUT2D eigenvalue weighted by Crippen LogP contribution is 2.29. The van der Waals surface area contributed by atoms with Gasteiger partial charge in [-0.15, -0.1) is 11.8 Å². The average Bonchev–Trinajstić information content (AvgIpc) is 2.84. The van der Waals surface area contributed by atoms with Crippen molar-refractivity contribution >= 4 is 42.1 Å². The Morgan fingerprint density at radius 1 is 1.15 bits per heavy atom. The number of aliphatic hydroxyl groups is 1. The van der Waals surface area contributed by atoms with Crippen molar-refractivity contribution in [2.75, 3.05) is 44.3 Å². The number of nitrogens with one attached hydrogen (secondary N) is 1. The first-order valence-electron chi connectivity index (χ1n) is 10.2. The van der Waals surface area contributed by atoms with Gasteiger partial charge in [-0.05, 0) is 48.2 Å². The van der Waals surface area contributed by atoms with Gasteiger partial charge in [0.1, 0.15) is 18.5 Å². The van der Waals surface area contributed by atoms with Crippen molar-refractivity contribution in [2.24, 2.45) is 0 Å². The number of esters is 1. The van der Waals surface area contributed by atoms with E-state index in [0.717, 1.165) is 4.90 Å². The number of thiol groups is 1. The molecule has 2 aromatic rings. The lowest BCUT2D eigenvalue weighted by atomic mass is 10.0.